The summed E-state index contributed by atoms with van der Waals surface area (Å²) in [5.41, 5.74) is 3.80. The molecular weight excluding hydrogens is 414 g/mol. The van der Waals surface area contributed by atoms with Crippen molar-refractivity contribution >= 4 is 49.9 Å². The van der Waals surface area contributed by atoms with Crippen LogP contribution >= 0.6 is 11.3 Å². The van der Waals surface area contributed by atoms with Crippen molar-refractivity contribution in [3.8, 4) is 0 Å². The number of benzene rings is 2. The van der Waals surface area contributed by atoms with Crippen molar-refractivity contribution in [2.24, 2.45) is 9.50 Å². The van der Waals surface area contributed by atoms with E-state index in [1.807, 2.05) is 30.3 Å². The molecule has 146 valence electrons. The van der Waals surface area contributed by atoms with Crippen molar-refractivity contribution in [2.75, 3.05) is 4.90 Å². The highest BCUT2D eigenvalue weighted by molar-refractivity contribution is 7.90. The molecule has 1 aromatic heterocycles. The summed E-state index contributed by atoms with van der Waals surface area (Å²) in [6.07, 6.45) is 1.37. The third-order valence-electron chi connectivity index (χ3n) is 3.97. The molecule has 0 aliphatic carbocycles. The van der Waals surface area contributed by atoms with Crippen molar-refractivity contribution in [2.45, 2.75) is 4.90 Å². The lowest BCUT2D eigenvalue weighted by Crippen LogP contribution is -2.39. The van der Waals surface area contributed by atoms with Gasteiger partial charge in [-0.1, -0.05) is 41.7 Å². The van der Waals surface area contributed by atoms with Gasteiger partial charge in [0.2, 0.25) is 5.96 Å². The second kappa shape index (κ2) is 7.45. The Hall–Kier alpha value is -3.57. The Bertz CT molecular complexity index is 1240. The number of nitrogens with zero attached hydrogens (tertiary/aromatic N) is 4. The fourth-order valence-electron chi connectivity index (χ4n) is 2.75. The van der Waals surface area contributed by atoms with Crippen molar-refractivity contribution < 1.29 is 13.3 Å². The molecule has 0 spiro atoms. The van der Waals surface area contributed by atoms with Crippen LogP contribution in [0.3, 0.4) is 0 Å². The zero-order chi connectivity index (χ0) is 20.4. The SMILES string of the molecule is O=[N+]([O-])c1ccc(/C=N/NC2=NS(=O)(=O)c3ccccc3N2c2ccccc2)s1. The van der Waals surface area contributed by atoms with Gasteiger partial charge in [-0.25, -0.2) is 5.43 Å². The molecule has 0 saturated heterocycles. The van der Waals surface area contributed by atoms with Crippen LogP contribution < -0.4 is 10.3 Å². The average molecular weight is 427 g/mol. The Morgan fingerprint density at radius 1 is 1.07 bits per heavy atom. The van der Waals surface area contributed by atoms with Gasteiger partial charge in [0, 0.05) is 11.8 Å². The molecule has 1 aliphatic heterocycles. The molecule has 0 bridgehead atoms. The van der Waals surface area contributed by atoms with E-state index in [9.17, 15) is 18.5 Å². The zero-order valence-corrected chi connectivity index (χ0v) is 16.3. The lowest BCUT2D eigenvalue weighted by atomic mass is 10.2. The van der Waals surface area contributed by atoms with Crippen LogP contribution in [0.5, 0.6) is 0 Å². The summed E-state index contributed by atoms with van der Waals surface area (Å²) in [5.74, 6) is -0.00259. The number of para-hydroxylation sites is 2. The molecule has 1 aliphatic rings. The number of thiophene rings is 1. The molecule has 0 saturated carbocycles. The Morgan fingerprint density at radius 2 is 1.79 bits per heavy atom. The first kappa shape index (κ1) is 18.8. The number of hydrazone groups is 1. The maximum Gasteiger partial charge on any atom is 0.324 e. The van der Waals surface area contributed by atoms with Gasteiger partial charge in [-0.05, 0) is 30.3 Å². The van der Waals surface area contributed by atoms with Gasteiger partial charge in [-0.3, -0.25) is 15.0 Å². The van der Waals surface area contributed by atoms with Crippen LogP contribution in [-0.2, 0) is 10.0 Å². The van der Waals surface area contributed by atoms with E-state index in [1.165, 1.54) is 18.3 Å². The lowest BCUT2D eigenvalue weighted by Gasteiger charge is -2.29. The van der Waals surface area contributed by atoms with Crippen molar-refractivity contribution in [3.63, 3.8) is 0 Å². The third-order valence-corrected chi connectivity index (χ3v) is 6.25. The molecule has 2 aromatic carbocycles. The van der Waals surface area contributed by atoms with Gasteiger partial charge in [-0.15, -0.1) is 4.40 Å². The Kier molecular flexibility index (Phi) is 4.82. The highest BCUT2D eigenvalue weighted by Crippen LogP contribution is 2.35. The second-order valence-corrected chi connectivity index (χ2v) is 8.50. The summed E-state index contributed by atoms with van der Waals surface area (Å²) in [4.78, 5) is 12.6. The van der Waals surface area contributed by atoms with Gasteiger partial charge in [-0.2, -0.15) is 13.5 Å². The minimum absolute atomic E-state index is 0.00259. The molecule has 4 rings (SSSR count). The monoisotopic (exact) mass is 427 g/mol. The maximum atomic E-state index is 12.6. The van der Waals surface area contributed by atoms with Crippen LogP contribution in [-0.4, -0.2) is 25.5 Å². The van der Waals surface area contributed by atoms with Crippen molar-refractivity contribution in [3.05, 3.63) is 81.7 Å². The summed E-state index contributed by atoms with van der Waals surface area (Å²) in [6.45, 7) is 0. The number of guanidine groups is 1. The van der Waals surface area contributed by atoms with Crippen LogP contribution in [0.4, 0.5) is 16.4 Å². The second-order valence-electron chi connectivity index (χ2n) is 5.83. The molecule has 1 N–H and O–H groups in total. The Balaban J connectivity index is 1.71. The number of sulfonamides is 1. The maximum absolute atomic E-state index is 12.6. The van der Waals surface area contributed by atoms with Gasteiger partial charge in [0.05, 0.1) is 21.7 Å². The molecule has 2 heterocycles. The molecule has 29 heavy (non-hydrogen) atoms. The average Bonchev–Trinajstić information content (AvgIpc) is 3.18. The summed E-state index contributed by atoms with van der Waals surface area (Å²) in [6, 6.07) is 18.6. The molecule has 0 amide bonds. The van der Waals surface area contributed by atoms with Gasteiger partial charge >= 0.3 is 5.00 Å². The van der Waals surface area contributed by atoms with E-state index >= 15 is 0 Å². The first-order valence-electron chi connectivity index (χ1n) is 8.28. The lowest BCUT2D eigenvalue weighted by molar-refractivity contribution is -0.380. The summed E-state index contributed by atoms with van der Waals surface area (Å²) in [5, 5.41) is 14.8. The quantitative estimate of drug-likeness (QED) is 0.387. The number of nitro groups is 1. The van der Waals surface area contributed by atoms with E-state index in [-0.39, 0.29) is 15.9 Å². The summed E-state index contributed by atoms with van der Waals surface area (Å²) >= 11 is 0.953. The van der Waals surface area contributed by atoms with Crippen molar-refractivity contribution in [1.82, 2.24) is 5.43 Å². The van der Waals surface area contributed by atoms with Crippen LogP contribution in [0.25, 0.3) is 0 Å². The van der Waals surface area contributed by atoms with Crippen LogP contribution in [0.15, 0.2) is 81.1 Å². The Labute approximate surface area is 169 Å². The van der Waals surface area contributed by atoms with Crippen molar-refractivity contribution in [1.29, 1.82) is 0 Å². The number of hydrogen-bond acceptors (Lipinski definition) is 8. The number of hydrogen-bond donors (Lipinski definition) is 1. The minimum atomic E-state index is -3.91. The fourth-order valence-corrected chi connectivity index (χ4v) is 4.57. The largest absolute Gasteiger partial charge is 0.324 e. The zero-order valence-electron chi connectivity index (χ0n) is 14.7. The van der Waals surface area contributed by atoms with Gasteiger partial charge in [0.15, 0.2) is 0 Å². The first-order chi connectivity index (χ1) is 14.0. The highest BCUT2D eigenvalue weighted by Gasteiger charge is 2.31. The summed E-state index contributed by atoms with van der Waals surface area (Å²) < 4.78 is 29.0. The van der Waals surface area contributed by atoms with E-state index < -0.39 is 14.9 Å². The molecule has 3 aromatic rings. The van der Waals surface area contributed by atoms with Gasteiger partial charge < -0.3 is 0 Å². The van der Waals surface area contributed by atoms with Crippen LogP contribution in [0.2, 0.25) is 0 Å². The summed E-state index contributed by atoms with van der Waals surface area (Å²) in [7, 11) is -3.91. The molecule has 0 unspecified atom stereocenters. The first-order valence-corrected chi connectivity index (χ1v) is 10.5. The van der Waals surface area contributed by atoms with Gasteiger partial charge in [0.25, 0.3) is 10.0 Å². The smallest absolute Gasteiger partial charge is 0.278 e. The number of rotatable bonds is 4. The van der Waals surface area contributed by atoms with E-state index in [2.05, 4.69) is 14.9 Å². The highest BCUT2D eigenvalue weighted by atomic mass is 32.2. The van der Waals surface area contributed by atoms with E-state index in [1.54, 1.807) is 29.2 Å². The predicted molar refractivity (Wildman–Crippen MR) is 111 cm³/mol. The number of fused-ring (bicyclic) bond motifs is 1. The van der Waals surface area contributed by atoms with E-state index in [4.69, 9.17) is 0 Å². The molecule has 11 heteroatoms. The van der Waals surface area contributed by atoms with Crippen LogP contribution in [0, 0.1) is 10.1 Å². The van der Waals surface area contributed by atoms with E-state index in [0.717, 1.165) is 11.3 Å². The number of anilines is 2. The predicted octanol–water partition coefficient (Wildman–Crippen LogP) is 3.48. The van der Waals surface area contributed by atoms with Crippen LogP contribution in [0.1, 0.15) is 4.88 Å². The molecule has 9 nitrogen and oxygen atoms in total. The molecular formula is C18H13N5O4S2. The van der Waals surface area contributed by atoms with E-state index in [0.29, 0.717) is 16.3 Å². The molecule has 0 fully saturated rings. The topological polar surface area (TPSA) is 117 Å². The molecule has 0 radical (unpaired) electrons. The third kappa shape index (κ3) is 3.73. The normalized spacial score (nSPS) is 15.0. The minimum Gasteiger partial charge on any atom is -0.278 e. The fraction of sp³-hybridized carbons (Fsp3) is 0. The van der Waals surface area contributed by atoms with Gasteiger partial charge in [0.1, 0.15) is 4.90 Å². The number of nitrogens with one attached hydrogen (secondary N) is 1. The Morgan fingerprint density at radius 3 is 2.52 bits per heavy atom. The molecule has 0 atom stereocenters. The standard InChI is InChI=1S/C18H13N5O4S2/c24-23(25)17-11-10-14(28-17)12-19-20-18-21-29(26,27)16-9-5-4-8-15(16)22(18)13-6-2-1-3-7-13/h1-12H,(H,20,21)/b19-12+.